The average molecular weight is 262 g/mol. The standard InChI is InChI=1S/C13H18N4S/c1-9(2)10-3-5-11(6-4-10)15-13-17-16-12(18-13)7-8-14/h3-6,9H,7-8,14H2,1-2H3,(H,15,17). The number of hydrogen-bond donors (Lipinski definition) is 2. The number of rotatable bonds is 5. The van der Waals surface area contributed by atoms with Crippen LogP contribution in [0.4, 0.5) is 10.8 Å². The molecule has 3 N–H and O–H groups in total. The molecule has 4 nitrogen and oxygen atoms in total. The first-order valence-electron chi connectivity index (χ1n) is 6.08. The fourth-order valence-electron chi connectivity index (χ4n) is 1.60. The van der Waals surface area contributed by atoms with Gasteiger partial charge in [-0.25, -0.2) is 0 Å². The molecule has 0 aliphatic heterocycles. The van der Waals surface area contributed by atoms with E-state index in [0.29, 0.717) is 12.5 Å². The van der Waals surface area contributed by atoms with E-state index in [2.05, 4.69) is 53.6 Å². The number of aromatic nitrogens is 2. The fraction of sp³-hybridized carbons (Fsp3) is 0.385. The summed E-state index contributed by atoms with van der Waals surface area (Å²) in [6.07, 6.45) is 0.783. The third-order valence-electron chi connectivity index (χ3n) is 2.65. The highest BCUT2D eigenvalue weighted by molar-refractivity contribution is 7.15. The highest BCUT2D eigenvalue weighted by Gasteiger charge is 2.04. The van der Waals surface area contributed by atoms with Crippen molar-refractivity contribution in [3.05, 3.63) is 34.8 Å². The summed E-state index contributed by atoms with van der Waals surface area (Å²) in [5.41, 5.74) is 7.86. The Kier molecular flexibility index (Phi) is 4.28. The van der Waals surface area contributed by atoms with Crippen LogP contribution in [0.25, 0.3) is 0 Å². The van der Waals surface area contributed by atoms with Gasteiger partial charge in [0.25, 0.3) is 0 Å². The summed E-state index contributed by atoms with van der Waals surface area (Å²) in [4.78, 5) is 0. The lowest BCUT2D eigenvalue weighted by atomic mass is 10.0. The van der Waals surface area contributed by atoms with Crippen LogP contribution < -0.4 is 11.1 Å². The molecule has 0 aliphatic rings. The summed E-state index contributed by atoms with van der Waals surface area (Å²) in [7, 11) is 0. The van der Waals surface area contributed by atoms with Crippen molar-refractivity contribution >= 4 is 22.2 Å². The third kappa shape index (κ3) is 3.27. The number of hydrogen-bond acceptors (Lipinski definition) is 5. The third-order valence-corrected chi connectivity index (χ3v) is 3.55. The highest BCUT2D eigenvalue weighted by Crippen LogP contribution is 2.22. The lowest BCUT2D eigenvalue weighted by Crippen LogP contribution is -2.01. The van der Waals surface area contributed by atoms with Crippen LogP contribution in [0.2, 0.25) is 0 Å². The van der Waals surface area contributed by atoms with Crippen molar-refractivity contribution < 1.29 is 0 Å². The summed E-state index contributed by atoms with van der Waals surface area (Å²) < 4.78 is 0. The number of nitrogens with zero attached hydrogens (tertiary/aromatic N) is 2. The Morgan fingerprint density at radius 2 is 1.94 bits per heavy atom. The molecule has 0 unspecified atom stereocenters. The summed E-state index contributed by atoms with van der Waals surface area (Å²) >= 11 is 1.55. The van der Waals surface area contributed by atoms with Gasteiger partial charge in [-0.3, -0.25) is 0 Å². The largest absolute Gasteiger partial charge is 0.330 e. The molecule has 2 rings (SSSR count). The van der Waals surface area contributed by atoms with Crippen LogP contribution in [-0.4, -0.2) is 16.7 Å². The van der Waals surface area contributed by atoms with Crippen LogP contribution in [0.5, 0.6) is 0 Å². The van der Waals surface area contributed by atoms with Gasteiger partial charge in [-0.05, 0) is 30.2 Å². The molecule has 5 heteroatoms. The van der Waals surface area contributed by atoms with Crippen molar-refractivity contribution in [1.82, 2.24) is 10.2 Å². The molecule has 96 valence electrons. The average Bonchev–Trinajstić information content (AvgIpc) is 2.78. The van der Waals surface area contributed by atoms with Gasteiger partial charge in [0.05, 0.1) is 0 Å². The van der Waals surface area contributed by atoms with E-state index in [1.807, 2.05) is 0 Å². The van der Waals surface area contributed by atoms with Crippen molar-refractivity contribution in [1.29, 1.82) is 0 Å². The molecule has 2 aromatic rings. The smallest absolute Gasteiger partial charge is 0.210 e. The molecule has 0 amide bonds. The van der Waals surface area contributed by atoms with E-state index in [1.54, 1.807) is 11.3 Å². The Bertz CT molecular complexity index is 490. The maximum absolute atomic E-state index is 5.49. The minimum absolute atomic E-state index is 0.553. The minimum Gasteiger partial charge on any atom is -0.330 e. The molecule has 0 radical (unpaired) electrons. The SMILES string of the molecule is CC(C)c1ccc(Nc2nnc(CCN)s2)cc1. The first-order chi connectivity index (χ1) is 8.69. The van der Waals surface area contributed by atoms with E-state index in [1.165, 1.54) is 5.56 Å². The first-order valence-corrected chi connectivity index (χ1v) is 6.90. The molecular formula is C13H18N4S. The molecule has 0 atom stereocenters. The van der Waals surface area contributed by atoms with Crippen molar-refractivity contribution in [2.45, 2.75) is 26.2 Å². The van der Waals surface area contributed by atoms with E-state index in [4.69, 9.17) is 5.73 Å². The highest BCUT2D eigenvalue weighted by atomic mass is 32.1. The lowest BCUT2D eigenvalue weighted by Gasteiger charge is -2.06. The number of anilines is 2. The first kappa shape index (κ1) is 13.0. The van der Waals surface area contributed by atoms with E-state index < -0.39 is 0 Å². The predicted molar refractivity (Wildman–Crippen MR) is 76.5 cm³/mol. The molecule has 0 saturated heterocycles. The maximum Gasteiger partial charge on any atom is 0.210 e. The van der Waals surface area contributed by atoms with E-state index in [-0.39, 0.29) is 0 Å². The number of nitrogens with two attached hydrogens (primary N) is 1. The molecule has 1 aromatic heterocycles. The molecule has 0 aliphatic carbocycles. The van der Waals surface area contributed by atoms with Gasteiger partial charge in [0, 0.05) is 12.1 Å². The zero-order chi connectivity index (χ0) is 13.0. The summed E-state index contributed by atoms with van der Waals surface area (Å²) in [6.45, 7) is 4.98. The fourth-order valence-corrected chi connectivity index (χ4v) is 2.38. The van der Waals surface area contributed by atoms with Gasteiger partial charge < -0.3 is 11.1 Å². The molecule has 0 saturated carbocycles. The zero-order valence-electron chi connectivity index (χ0n) is 10.7. The number of nitrogens with one attached hydrogen (secondary N) is 1. The number of benzene rings is 1. The second kappa shape index (κ2) is 5.93. The van der Waals surface area contributed by atoms with Crippen molar-refractivity contribution in [3.63, 3.8) is 0 Å². The van der Waals surface area contributed by atoms with Crippen LogP contribution in [0.3, 0.4) is 0 Å². The second-order valence-corrected chi connectivity index (χ2v) is 5.50. The van der Waals surface area contributed by atoms with Crippen molar-refractivity contribution in [2.24, 2.45) is 5.73 Å². The molecule has 18 heavy (non-hydrogen) atoms. The summed E-state index contributed by atoms with van der Waals surface area (Å²) in [5, 5.41) is 13.2. The lowest BCUT2D eigenvalue weighted by molar-refractivity contribution is 0.867. The van der Waals surface area contributed by atoms with E-state index in [9.17, 15) is 0 Å². The van der Waals surface area contributed by atoms with Crippen LogP contribution in [0, 0.1) is 0 Å². The van der Waals surface area contributed by atoms with Crippen LogP contribution in [0.1, 0.15) is 30.3 Å². The van der Waals surface area contributed by atoms with Crippen LogP contribution in [-0.2, 0) is 6.42 Å². The van der Waals surface area contributed by atoms with Gasteiger partial charge in [0.15, 0.2) is 0 Å². The Labute approximate surface area is 111 Å². The van der Waals surface area contributed by atoms with Crippen LogP contribution in [0.15, 0.2) is 24.3 Å². The topological polar surface area (TPSA) is 63.8 Å². The second-order valence-electron chi connectivity index (χ2n) is 4.44. The Hall–Kier alpha value is -1.46. The summed E-state index contributed by atoms with van der Waals surface area (Å²) in [5.74, 6) is 0.553. The molecule has 1 heterocycles. The Balaban J connectivity index is 2.03. The van der Waals surface area contributed by atoms with Gasteiger partial charge >= 0.3 is 0 Å². The molecule has 0 spiro atoms. The van der Waals surface area contributed by atoms with Gasteiger partial charge in [0.2, 0.25) is 5.13 Å². The Morgan fingerprint density at radius 3 is 2.56 bits per heavy atom. The van der Waals surface area contributed by atoms with Gasteiger partial charge in [-0.2, -0.15) is 0 Å². The predicted octanol–water partition coefficient (Wildman–Crippen LogP) is 2.91. The Morgan fingerprint density at radius 1 is 1.22 bits per heavy atom. The molecule has 0 fully saturated rings. The van der Waals surface area contributed by atoms with Gasteiger partial charge in [-0.1, -0.05) is 37.3 Å². The minimum atomic E-state index is 0.553. The molecular weight excluding hydrogens is 244 g/mol. The maximum atomic E-state index is 5.49. The zero-order valence-corrected chi connectivity index (χ0v) is 11.5. The van der Waals surface area contributed by atoms with E-state index >= 15 is 0 Å². The summed E-state index contributed by atoms with van der Waals surface area (Å²) in [6, 6.07) is 8.41. The van der Waals surface area contributed by atoms with Crippen LogP contribution >= 0.6 is 11.3 Å². The molecule has 1 aromatic carbocycles. The monoisotopic (exact) mass is 262 g/mol. The normalized spacial score (nSPS) is 10.9. The van der Waals surface area contributed by atoms with Gasteiger partial charge in [-0.15, -0.1) is 10.2 Å². The van der Waals surface area contributed by atoms with Crippen molar-refractivity contribution in [2.75, 3.05) is 11.9 Å². The molecule has 0 bridgehead atoms. The quantitative estimate of drug-likeness (QED) is 0.869. The van der Waals surface area contributed by atoms with Gasteiger partial charge in [0.1, 0.15) is 5.01 Å². The van der Waals surface area contributed by atoms with E-state index in [0.717, 1.165) is 22.2 Å². The van der Waals surface area contributed by atoms with Crippen molar-refractivity contribution in [3.8, 4) is 0 Å².